The van der Waals surface area contributed by atoms with Crippen molar-refractivity contribution in [3.8, 4) is 0 Å². The van der Waals surface area contributed by atoms with E-state index < -0.39 is 5.97 Å². The minimum Gasteiger partial charge on any atom is -0.481 e. The van der Waals surface area contributed by atoms with Crippen molar-refractivity contribution in [1.82, 2.24) is 10.2 Å². The maximum absolute atomic E-state index is 12.2. The number of benzene rings is 1. The summed E-state index contributed by atoms with van der Waals surface area (Å²) in [4.78, 5) is 36.2. The van der Waals surface area contributed by atoms with Crippen molar-refractivity contribution in [1.29, 1.82) is 0 Å². The standard InChI is InChI=1S/C17H23N3O4S/c21-15(20-8-10-25-11-9-20)12-13-3-5-14(6-4-13)19-17(24)18-7-1-2-16(22)23/h3-6H,1-2,7-12H2,(H,22,23)(H2,18,19,24). The molecule has 136 valence electrons. The Balaban J connectivity index is 1.74. The zero-order chi connectivity index (χ0) is 18.1. The molecule has 0 aliphatic carbocycles. The Hall–Kier alpha value is -2.22. The Kier molecular flexibility index (Phi) is 7.59. The molecule has 1 heterocycles. The molecule has 0 saturated carbocycles. The first-order valence-corrected chi connectivity index (χ1v) is 9.41. The van der Waals surface area contributed by atoms with Crippen molar-refractivity contribution in [2.75, 3.05) is 36.5 Å². The summed E-state index contributed by atoms with van der Waals surface area (Å²) in [7, 11) is 0. The topological polar surface area (TPSA) is 98.7 Å². The zero-order valence-electron chi connectivity index (χ0n) is 14.0. The fourth-order valence-electron chi connectivity index (χ4n) is 2.42. The van der Waals surface area contributed by atoms with Gasteiger partial charge in [-0.1, -0.05) is 12.1 Å². The van der Waals surface area contributed by atoms with Crippen LogP contribution in [0.1, 0.15) is 18.4 Å². The highest BCUT2D eigenvalue weighted by Crippen LogP contribution is 2.13. The van der Waals surface area contributed by atoms with Gasteiger partial charge in [-0.15, -0.1) is 0 Å². The maximum Gasteiger partial charge on any atom is 0.319 e. The molecule has 1 aromatic rings. The normalized spacial score (nSPS) is 14.0. The molecule has 0 radical (unpaired) electrons. The van der Waals surface area contributed by atoms with Gasteiger partial charge >= 0.3 is 12.0 Å². The van der Waals surface area contributed by atoms with Gasteiger partial charge in [0.15, 0.2) is 0 Å². The molecule has 1 saturated heterocycles. The lowest BCUT2D eigenvalue weighted by molar-refractivity contribution is -0.137. The van der Waals surface area contributed by atoms with Crippen molar-refractivity contribution in [2.24, 2.45) is 0 Å². The van der Waals surface area contributed by atoms with Gasteiger partial charge in [-0.3, -0.25) is 9.59 Å². The molecule has 0 atom stereocenters. The quantitative estimate of drug-likeness (QED) is 0.640. The van der Waals surface area contributed by atoms with Crippen molar-refractivity contribution in [3.63, 3.8) is 0 Å². The number of carboxylic acid groups (broad SMARTS) is 1. The number of aliphatic carboxylic acids is 1. The number of amides is 3. The van der Waals surface area contributed by atoms with Crippen LogP contribution in [0.15, 0.2) is 24.3 Å². The van der Waals surface area contributed by atoms with Gasteiger partial charge in [0.2, 0.25) is 5.91 Å². The van der Waals surface area contributed by atoms with Crippen LogP contribution in [0.5, 0.6) is 0 Å². The van der Waals surface area contributed by atoms with Crippen LogP contribution in [0.4, 0.5) is 10.5 Å². The fraction of sp³-hybridized carbons (Fsp3) is 0.471. The number of hydrogen-bond donors (Lipinski definition) is 3. The molecule has 7 nitrogen and oxygen atoms in total. The third-order valence-electron chi connectivity index (χ3n) is 3.78. The van der Waals surface area contributed by atoms with Gasteiger partial charge in [0.05, 0.1) is 6.42 Å². The van der Waals surface area contributed by atoms with E-state index in [2.05, 4.69) is 10.6 Å². The summed E-state index contributed by atoms with van der Waals surface area (Å²) in [6.07, 6.45) is 0.782. The summed E-state index contributed by atoms with van der Waals surface area (Å²) in [6.45, 7) is 1.93. The van der Waals surface area contributed by atoms with E-state index in [0.717, 1.165) is 30.2 Å². The second-order valence-electron chi connectivity index (χ2n) is 5.75. The highest BCUT2D eigenvalue weighted by Gasteiger charge is 2.16. The molecular formula is C17H23N3O4S. The van der Waals surface area contributed by atoms with Crippen LogP contribution in [0.2, 0.25) is 0 Å². The number of thioether (sulfide) groups is 1. The molecule has 0 unspecified atom stereocenters. The first-order chi connectivity index (χ1) is 12.0. The second kappa shape index (κ2) is 9.93. The number of carbonyl (C=O) groups is 3. The Bertz CT molecular complexity index is 600. The van der Waals surface area contributed by atoms with E-state index in [0.29, 0.717) is 25.1 Å². The molecule has 1 aromatic carbocycles. The fourth-order valence-corrected chi connectivity index (χ4v) is 3.33. The predicted molar refractivity (Wildman–Crippen MR) is 97.9 cm³/mol. The van der Waals surface area contributed by atoms with Crippen LogP contribution < -0.4 is 10.6 Å². The summed E-state index contributed by atoms with van der Waals surface area (Å²) in [6, 6.07) is 6.80. The van der Waals surface area contributed by atoms with E-state index in [1.165, 1.54) is 0 Å². The molecule has 25 heavy (non-hydrogen) atoms. The summed E-state index contributed by atoms with van der Waals surface area (Å²) in [5.41, 5.74) is 1.54. The number of urea groups is 1. The van der Waals surface area contributed by atoms with Crippen molar-refractivity contribution < 1.29 is 19.5 Å². The Morgan fingerprint density at radius 1 is 1.12 bits per heavy atom. The van der Waals surface area contributed by atoms with E-state index in [1.54, 1.807) is 12.1 Å². The summed E-state index contributed by atoms with van der Waals surface area (Å²) >= 11 is 1.87. The van der Waals surface area contributed by atoms with Gasteiger partial charge in [0.25, 0.3) is 0 Å². The molecule has 2 rings (SSSR count). The van der Waals surface area contributed by atoms with Crippen LogP contribution in [-0.4, -0.2) is 59.1 Å². The summed E-state index contributed by atoms with van der Waals surface area (Å²) < 4.78 is 0. The number of rotatable bonds is 7. The lowest BCUT2D eigenvalue weighted by atomic mass is 10.1. The highest BCUT2D eigenvalue weighted by molar-refractivity contribution is 7.99. The summed E-state index contributed by atoms with van der Waals surface area (Å²) in [5.74, 6) is 1.25. The van der Waals surface area contributed by atoms with Crippen molar-refractivity contribution in [3.05, 3.63) is 29.8 Å². The van der Waals surface area contributed by atoms with Gasteiger partial charge in [-0.05, 0) is 24.1 Å². The number of nitrogens with zero attached hydrogens (tertiary/aromatic N) is 1. The Labute approximate surface area is 151 Å². The SMILES string of the molecule is O=C(O)CCCNC(=O)Nc1ccc(CC(=O)N2CCSCC2)cc1. The molecule has 3 amide bonds. The molecule has 0 bridgehead atoms. The number of nitrogens with one attached hydrogen (secondary N) is 2. The molecule has 1 aliphatic rings. The van der Waals surface area contributed by atoms with E-state index in [1.807, 2.05) is 28.8 Å². The highest BCUT2D eigenvalue weighted by atomic mass is 32.2. The molecule has 3 N–H and O–H groups in total. The van der Waals surface area contributed by atoms with Gasteiger partial charge in [-0.25, -0.2) is 4.79 Å². The molecule has 0 spiro atoms. The third-order valence-corrected chi connectivity index (χ3v) is 4.73. The second-order valence-corrected chi connectivity index (χ2v) is 6.97. The van der Waals surface area contributed by atoms with Gasteiger partial charge < -0.3 is 20.6 Å². The third kappa shape index (κ3) is 7.04. The van der Waals surface area contributed by atoms with Crippen LogP contribution >= 0.6 is 11.8 Å². The molecule has 1 aliphatic heterocycles. The van der Waals surface area contributed by atoms with E-state index in [4.69, 9.17) is 5.11 Å². The minimum atomic E-state index is -0.879. The smallest absolute Gasteiger partial charge is 0.319 e. The van der Waals surface area contributed by atoms with Gasteiger partial charge in [-0.2, -0.15) is 11.8 Å². The number of carboxylic acids is 1. The molecule has 1 fully saturated rings. The van der Waals surface area contributed by atoms with Crippen LogP contribution in [-0.2, 0) is 16.0 Å². The van der Waals surface area contributed by atoms with E-state index in [9.17, 15) is 14.4 Å². The average Bonchev–Trinajstić information content (AvgIpc) is 2.61. The van der Waals surface area contributed by atoms with E-state index in [-0.39, 0.29) is 18.4 Å². The largest absolute Gasteiger partial charge is 0.481 e. The first-order valence-electron chi connectivity index (χ1n) is 8.25. The Morgan fingerprint density at radius 2 is 1.80 bits per heavy atom. The monoisotopic (exact) mass is 365 g/mol. The van der Waals surface area contributed by atoms with Crippen LogP contribution in [0.25, 0.3) is 0 Å². The average molecular weight is 365 g/mol. The van der Waals surface area contributed by atoms with Crippen LogP contribution in [0.3, 0.4) is 0 Å². The predicted octanol–water partition coefficient (Wildman–Crippen LogP) is 1.79. The summed E-state index contributed by atoms with van der Waals surface area (Å²) in [5, 5.41) is 13.8. The number of hydrogen-bond acceptors (Lipinski definition) is 4. The molecule has 0 aromatic heterocycles. The number of carbonyl (C=O) groups excluding carboxylic acids is 2. The van der Waals surface area contributed by atoms with Crippen molar-refractivity contribution >= 4 is 35.4 Å². The Morgan fingerprint density at radius 3 is 2.44 bits per heavy atom. The zero-order valence-corrected chi connectivity index (χ0v) is 14.8. The number of anilines is 1. The van der Waals surface area contributed by atoms with Gasteiger partial charge in [0, 0.05) is 43.2 Å². The lowest BCUT2D eigenvalue weighted by Crippen LogP contribution is -2.38. The van der Waals surface area contributed by atoms with Gasteiger partial charge in [0.1, 0.15) is 0 Å². The molecule has 8 heteroatoms. The van der Waals surface area contributed by atoms with Crippen molar-refractivity contribution in [2.45, 2.75) is 19.3 Å². The first kappa shape index (κ1) is 19.1. The minimum absolute atomic E-state index is 0.0265. The van der Waals surface area contributed by atoms with Crippen LogP contribution in [0, 0.1) is 0 Å². The lowest BCUT2D eigenvalue weighted by Gasteiger charge is -2.26. The van der Waals surface area contributed by atoms with E-state index >= 15 is 0 Å². The maximum atomic E-state index is 12.2. The molecular weight excluding hydrogens is 342 g/mol.